The molecule has 0 saturated carbocycles. The van der Waals surface area contributed by atoms with Crippen molar-refractivity contribution in [2.45, 2.75) is 4.90 Å². The lowest BCUT2D eigenvalue weighted by Gasteiger charge is -2.23. The maximum absolute atomic E-state index is 13.6. The zero-order chi connectivity index (χ0) is 23.1. The van der Waals surface area contributed by atoms with E-state index in [9.17, 15) is 27.7 Å². The Balaban J connectivity index is 1.90. The van der Waals surface area contributed by atoms with Gasteiger partial charge >= 0.3 is 0 Å². The summed E-state index contributed by atoms with van der Waals surface area (Å²) in [5.74, 6) is -1.38. The molecule has 9 nitrogen and oxygen atoms in total. The molecule has 0 atom stereocenters. The Morgan fingerprint density at radius 2 is 1.66 bits per heavy atom. The van der Waals surface area contributed by atoms with Crippen LogP contribution in [-0.2, 0) is 14.8 Å². The average Bonchev–Trinajstić information content (AvgIpc) is 2.79. The van der Waals surface area contributed by atoms with Gasteiger partial charge in [-0.25, -0.2) is 18.2 Å². The van der Waals surface area contributed by atoms with Crippen molar-refractivity contribution in [3.8, 4) is 0 Å². The number of hydrogen-bond acceptors (Lipinski definition) is 6. The van der Waals surface area contributed by atoms with E-state index in [0.29, 0.717) is 0 Å². The van der Waals surface area contributed by atoms with Crippen LogP contribution in [0.1, 0.15) is 5.56 Å². The van der Waals surface area contributed by atoms with E-state index in [1.807, 2.05) is 0 Å². The minimum absolute atomic E-state index is 0.124. The standard InChI is InChI=1S/C21H17FN4O5S/c22-18-11-5-4-8-16(18)14-23-24-21(27)15-25(17-9-2-1-3-10-17)32(30,31)20-13-7-6-12-19(20)26(28)29/h1-14H,15H2,(H,24,27)/b23-14-. The maximum atomic E-state index is 13.6. The van der Waals surface area contributed by atoms with E-state index >= 15 is 0 Å². The van der Waals surface area contributed by atoms with Crippen molar-refractivity contribution in [2.75, 3.05) is 10.8 Å². The molecule has 3 aromatic carbocycles. The number of anilines is 1. The Morgan fingerprint density at radius 3 is 2.34 bits per heavy atom. The zero-order valence-corrected chi connectivity index (χ0v) is 17.3. The first-order valence-corrected chi connectivity index (χ1v) is 10.6. The summed E-state index contributed by atoms with van der Waals surface area (Å²) >= 11 is 0. The Kier molecular flexibility index (Phi) is 6.90. The summed E-state index contributed by atoms with van der Waals surface area (Å²) < 4.78 is 41.0. The van der Waals surface area contributed by atoms with Crippen molar-refractivity contribution in [3.05, 3.63) is 100 Å². The molecule has 0 unspecified atom stereocenters. The molecule has 0 saturated heterocycles. The number of nitro benzene ring substituents is 1. The molecular formula is C21H17FN4O5S. The van der Waals surface area contributed by atoms with Crippen LogP contribution in [0.15, 0.2) is 88.9 Å². The predicted octanol–water partition coefficient (Wildman–Crippen LogP) is 3.08. The summed E-state index contributed by atoms with van der Waals surface area (Å²) in [6, 6.07) is 18.3. The number of halogens is 1. The van der Waals surface area contributed by atoms with Crippen LogP contribution in [0.5, 0.6) is 0 Å². The Morgan fingerprint density at radius 1 is 1.03 bits per heavy atom. The van der Waals surface area contributed by atoms with Crippen molar-refractivity contribution in [2.24, 2.45) is 5.10 Å². The summed E-state index contributed by atoms with van der Waals surface area (Å²) in [6.45, 7) is -0.715. The van der Waals surface area contributed by atoms with Gasteiger partial charge in [0, 0.05) is 11.6 Å². The van der Waals surface area contributed by atoms with E-state index < -0.39 is 43.8 Å². The van der Waals surface area contributed by atoms with E-state index in [4.69, 9.17) is 0 Å². The van der Waals surface area contributed by atoms with Crippen LogP contribution in [0.25, 0.3) is 0 Å². The predicted molar refractivity (Wildman–Crippen MR) is 116 cm³/mol. The molecule has 1 amide bonds. The molecule has 0 aliphatic rings. The number of rotatable bonds is 8. The molecule has 1 N–H and O–H groups in total. The molecule has 0 fully saturated rings. The van der Waals surface area contributed by atoms with Gasteiger partial charge in [-0.2, -0.15) is 5.10 Å². The normalized spacial score (nSPS) is 11.3. The van der Waals surface area contributed by atoms with Crippen LogP contribution < -0.4 is 9.73 Å². The van der Waals surface area contributed by atoms with E-state index in [1.54, 1.807) is 24.3 Å². The minimum atomic E-state index is -4.49. The number of sulfonamides is 1. The molecule has 32 heavy (non-hydrogen) atoms. The fourth-order valence-corrected chi connectivity index (χ4v) is 4.35. The molecule has 0 aromatic heterocycles. The number of hydrogen-bond donors (Lipinski definition) is 1. The second-order valence-electron chi connectivity index (χ2n) is 6.39. The number of carbonyl (C=O) groups is 1. The van der Waals surface area contributed by atoms with E-state index in [2.05, 4.69) is 10.5 Å². The first kappa shape index (κ1) is 22.6. The van der Waals surface area contributed by atoms with Gasteiger partial charge in [-0.1, -0.05) is 48.5 Å². The van der Waals surface area contributed by atoms with Gasteiger partial charge in [0.2, 0.25) is 0 Å². The summed E-state index contributed by atoms with van der Waals surface area (Å²) in [4.78, 5) is 22.4. The Labute approximate surface area is 183 Å². The van der Waals surface area contributed by atoms with Gasteiger partial charge in [0.1, 0.15) is 12.4 Å². The Bertz CT molecular complexity index is 1270. The van der Waals surface area contributed by atoms with Gasteiger partial charge in [-0.15, -0.1) is 0 Å². The van der Waals surface area contributed by atoms with Crippen LogP contribution in [-0.4, -0.2) is 32.0 Å². The average molecular weight is 456 g/mol. The SMILES string of the molecule is O=C(CN(c1ccccc1)S(=O)(=O)c1ccccc1[N+](=O)[O-])N/N=C\c1ccccc1F. The van der Waals surface area contributed by atoms with Crippen molar-refractivity contribution >= 4 is 33.5 Å². The third kappa shape index (κ3) is 5.13. The third-order valence-corrected chi connectivity index (χ3v) is 6.08. The molecular weight excluding hydrogens is 439 g/mol. The number of hydrazone groups is 1. The van der Waals surface area contributed by atoms with Gasteiger partial charge in [-0.3, -0.25) is 19.2 Å². The van der Waals surface area contributed by atoms with Crippen LogP contribution in [0, 0.1) is 15.9 Å². The highest BCUT2D eigenvalue weighted by Crippen LogP contribution is 2.29. The molecule has 3 rings (SSSR count). The molecule has 0 bridgehead atoms. The minimum Gasteiger partial charge on any atom is -0.271 e. The third-order valence-electron chi connectivity index (χ3n) is 4.26. The quantitative estimate of drug-likeness (QED) is 0.317. The maximum Gasteiger partial charge on any atom is 0.289 e. The first-order valence-electron chi connectivity index (χ1n) is 9.18. The van der Waals surface area contributed by atoms with Crippen molar-refractivity contribution < 1.29 is 22.5 Å². The van der Waals surface area contributed by atoms with Crippen LogP contribution in [0.2, 0.25) is 0 Å². The van der Waals surface area contributed by atoms with Crippen molar-refractivity contribution in [3.63, 3.8) is 0 Å². The smallest absolute Gasteiger partial charge is 0.271 e. The largest absolute Gasteiger partial charge is 0.289 e. The number of nitrogens with one attached hydrogen (secondary N) is 1. The molecule has 0 heterocycles. The van der Waals surface area contributed by atoms with Crippen LogP contribution >= 0.6 is 0 Å². The summed E-state index contributed by atoms with van der Waals surface area (Å²) in [7, 11) is -4.49. The number of carbonyl (C=O) groups excluding carboxylic acids is 1. The van der Waals surface area contributed by atoms with Gasteiger partial charge in [-0.05, 0) is 24.3 Å². The van der Waals surface area contributed by atoms with Gasteiger partial charge in [0.05, 0.1) is 16.8 Å². The number of nitro groups is 1. The lowest BCUT2D eigenvalue weighted by molar-refractivity contribution is -0.387. The fourth-order valence-electron chi connectivity index (χ4n) is 2.77. The van der Waals surface area contributed by atoms with Gasteiger partial charge < -0.3 is 0 Å². The molecule has 3 aromatic rings. The fraction of sp³-hybridized carbons (Fsp3) is 0.0476. The van der Waals surface area contributed by atoms with E-state index in [-0.39, 0.29) is 11.3 Å². The highest BCUT2D eigenvalue weighted by Gasteiger charge is 2.33. The van der Waals surface area contributed by atoms with E-state index in [1.165, 1.54) is 42.5 Å². The highest BCUT2D eigenvalue weighted by atomic mass is 32.2. The zero-order valence-electron chi connectivity index (χ0n) is 16.5. The second-order valence-corrected chi connectivity index (χ2v) is 8.22. The molecule has 164 valence electrons. The Hall–Kier alpha value is -4.12. The molecule has 0 aliphatic heterocycles. The monoisotopic (exact) mass is 456 g/mol. The number of benzene rings is 3. The second kappa shape index (κ2) is 9.79. The van der Waals surface area contributed by atoms with Crippen molar-refractivity contribution in [1.29, 1.82) is 0 Å². The van der Waals surface area contributed by atoms with Gasteiger partial charge in [0.25, 0.3) is 21.6 Å². The molecule has 0 spiro atoms. The van der Waals surface area contributed by atoms with Crippen molar-refractivity contribution in [1.82, 2.24) is 5.43 Å². The van der Waals surface area contributed by atoms with Crippen LogP contribution in [0.4, 0.5) is 15.8 Å². The molecule has 11 heteroatoms. The highest BCUT2D eigenvalue weighted by molar-refractivity contribution is 7.93. The number of para-hydroxylation sites is 2. The number of amides is 1. The summed E-state index contributed by atoms with van der Waals surface area (Å²) in [5.41, 5.74) is 1.77. The topological polar surface area (TPSA) is 122 Å². The summed E-state index contributed by atoms with van der Waals surface area (Å²) in [6.07, 6.45) is 1.08. The molecule has 0 aliphatic carbocycles. The van der Waals surface area contributed by atoms with Crippen LogP contribution in [0.3, 0.4) is 0 Å². The van der Waals surface area contributed by atoms with E-state index in [0.717, 1.165) is 22.7 Å². The molecule has 0 radical (unpaired) electrons. The number of nitrogens with zero attached hydrogens (tertiary/aromatic N) is 3. The first-order chi connectivity index (χ1) is 15.3. The lowest BCUT2D eigenvalue weighted by Crippen LogP contribution is -2.39. The van der Waals surface area contributed by atoms with Gasteiger partial charge in [0.15, 0.2) is 4.90 Å². The summed E-state index contributed by atoms with van der Waals surface area (Å²) in [5, 5.41) is 15.0. The lowest BCUT2D eigenvalue weighted by atomic mass is 10.2.